The molecule has 0 aromatic carbocycles. The van der Waals surface area contributed by atoms with Gasteiger partial charge in [-0.2, -0.15) is 0 Å². The first-order valence-corrected chi connectivity index (χ1v) is 8.40. The number of nitrogens with one attached hydrogen (secondary N) is 2. The van der Waals surface area contributed by atoms with Gasteiger partial charge in [0, 0.05) is 17.6 Å². The summed E-state index contributed by atoms with van der Waals surface area (Å²) in [6.07, 6.45) is 6.00. The zero-order valence-corrected chi connectivity index (χ0v) is 14.9. The number of rotatable bonds is 7. The van der Waals surface area contributed by atoms with Crippen LogP contribution in [0.5, 0.6) is 0 Å². The number of carbonyl (C=O) groups is 1. The van der Waals surface area contributed by atoms with Crippen molar-refractivity contribution in [3.63, 3.8) is 0 Å². The van der Waals surface area contributed by atoms with Crippen LogP contribution in [0.1, 0.15) is 59.8 Å². The molecule has 2 unspecified atom stereocenters. The van der Waals surface area contributed by atoms with E-state index in [9.17, 15) is 4.79 Å². The Bertz CT molecular complexity index is 341. The van der Waals surface area contributed by atoms with Crippen molar-refractivity contribution in [3.05, 3.63) is 0 Å². The summed E-state index contributed by atoms with van der Waals surface area (Å²) in [5.41, 5.74) is 0.0928. The van der Waals surface area contributed by atoms with Crippen LogP contribution < -0.4 is 10.6 Å². The Morgan fingerprint density at radius 2 is 2.05 bits per heavy atom. The maximum absolute atomic E-state index is 12.0. The van der Waals surface area contributed by atoms with E-state index in [1.165, 1.54) is 25.7 Å². The summed E-state index contributed by atoms with van der Waals surface area (Å²) in [5.74, 6) is 0.871. The van der Waals surface area contributed by atoms with Crippen LogP contribution in [0, 0.1) is 5.92 Å². The molecule has 1 fully saturated rings. The monoisotopic (exact) mass is 297 g/mol. The Morgan fingerprint density at radius 3 is 2.57 bits per heavy atom. The smallest absolute Gasteiger partial charge is 0.234 e. The topological polar surface area (TPSA) is 44.4 Å². The molecule has 124 valence electrons. The summed E-state index contributed by atoms with van der Waals surface area (Å²) in [7, 11) is 4.33. The summed E-state index contributed by atoms with van der Waals surface area (Å²) >= 11 is 0. The molecule has 0 aliphatic heterocycles. The van der Waals surface area contributed by atoms with Gasteiger partial charge in [0.15, 0.2) is 0 Å². The largest absolute Gasteiger partial charge is 0.350 e. The Balaban J connectivity index is 2.46. The number of nitrogens with zero attached hydrogens (tertiary/aromatic N) is 1. The average Bonchev–Trinajstić information content (AvgIpc) is 2.38. The van der Waals surface area contributed by atoms with Crippen LogP contribution in [0.25, 0.3) is 0 Å². The van der Waals surface area contributed by atoms with Gasteiger partial charge in [0.05, 0.1) is 6.54 Å². The van der Waals surface area contributed by atoms with E-state index in [4.69, 9.17) is 0 Å². The maximum atomic E-state index is 12.0. The minimum atomic E-state index is -0.114. The first-order valence-electron chi connectivity index (χ1n) is 8.40. The van der Waals surface area contributed by atoms with Crippen molar-refractivity contribution in [2.45, 2.75) is 70.9 Å². The van der Waals surface area contributed by atoms with Gasteiger partial charge in [0.25, 0.3) is 0 Å². The molecule has 1 rings (SSSR count). The van der Waals surface area contributed by atoms with Gasteiger partial charge in [0.2, 0.25) is 5.91 Å². The Morgan fingerprint density at radius 1 is 1.38 bits per heavy atom. The van der Waals surface area contributed by atoms with Gasteiger partial charge in [-0.3, -0.25) is 4.79 Å². The molecule has 1 aliphatic rings. The fraction of sp³-hybridized carbons (Fsp3) is 0.941. The molecule has 0 bridgehead atoms. The Labute approximate surface area is 131 Å². The summed E-state index contributed by atoms with van der Waals surface area (Å²) in [5, 5.41) is 6.47. The van der Waals surface area contributed by atoms with E-state index in [-0.39, 0.29) is 17.0 Å². The minimum Gasteiger partial charge on any atom is -0.350 e. The highest BCUT2D eigenvalue weighted by molar-refractivity contribution is 5.78. The van der Waals surface area contributed by atoms with E-state index in [1.54, 1.807) is 0 Å². The lowest BCUT2D eigenvalue weighted by Gasteiger charge is -2.45. The van der Waals surface area contributed by atoms with Crippen LogP contribution in [0.2, 0.25) is 0 Å². The molecule has 1 amide bonds. The van der Waals surface area contributed by atoms with Crippen molar-refractivity contribution in [1.29, 1.82) is 0 Å². The first-order chi connectivity index (χ1) is 9.71. The third-order valence-electron chi connectivity index (χ3n) is 5.12. The molecule has 0 aromatic rings. The van der Waals surface area contributed by atoms with E-state index in [1.807, 2.05) is 0 Å². The van der Waals surface area contributed by atoms with Gasteiger partial charge in [-0.05, 0) is 53.1 Å². The molecule has 0 spiro atoms. The van der Waals surface area contributed by atoms with Crippen molar-refractivity contribution in [1.82, 2.24) is 15.5 Å². The highest BCUT2D eigenvalue weighted by Gasteiger charge is 2.36. The molecular weight excluding hydrogens is 262 g/mol. The molecule has 4 heteroatoms. The second kappa shape index (κ2) is 7.59. The number of hydrogen-bond donors (Lipinski definition) is 2. The third-order valence-corrected chi connectivity index (χ3v) is 5.12. The molecule has 0 radical (unpaired) electrons. The van der Waals surface area contributed by atoms with Gasteiger partial charge in [-0.1, -0.05) is 26.7 Å². The molecule has 4 nitrogen and oxygen atoms in total. The highest BCUT2D eigenvalue weighted by Crippen LogP contribution is 2.35. The van der Waals surface area contributed by atoms with Gasteiger partial charge in [-0.15, -0.1) is 0 Å². The minimum absolute atomic E-state index is 0.0969. The van der Waals surface area contributed by atoms with Gasteiger partial charge < -0.3 is 15.5 Å². The SMILES string of the molecule is CCC(C)(C)NC(=O)CNCC1(N(C)C)CCCC(C)C1. The van der Waals surface area contributed by atoms with Crippen LogP contribution in [-0.2, 0) is 4.79 Å². The highest BCUT2D eigenvalue weighted by atomic mass is 16.2. The number of hydrogen-bond acceptors (Lipinski definition) is 3. The standard InChI is InChI=1S/C17H35N3O/c1-7-16(3,4)19-15(21)12-18-13-17(20(5)6)10-8-9-14(2)11-17/h14,18H,7-13H2,1-6H3,(H,19,21). The van der Waals surface area contributed by atoms with Crippen molar-refractivity contribution in [2.24, 2.45) is 5.92 Å². The Kier molecular flexibility index (Phi) is 6.67. The second-order valence-corrected chi connectivity index (χ2v) is 7.71. The molecule has 21 heavy (non-hydrogen) atoms. The van der Waals surface area contributed by atoms with Crippen molar-refractivity contribution in [3.8, 4) is 0 Å². The number of carbonyl (C=O) groups excluding carboxylic acids is 1. The zero-order valence-electron chi connectivity index (χ0n) is 14.9. The summed E-state index contributed by atoms with van der Waals surface area (Å²) in [6.45, 7) is 9.87. The van der Waals surface area contributed by atoms with Crippen molar-refractivity contribution < 1.29 is 4.79 Å². The van der Waals surface area contributed by atoms with Crippen LogP contribution in [0.4, 0.5) is 0 Å². The van der Waals surface area contributed by atoms with Crippen molar-refractivity contribution >= 4 is 5.91 Å². The molecule has 1 aliphatic carbocycles. The van der Waals surface area contributed by atoms with Gasteiger partial charge >= 0.3 is 0 Å². The molecule has 2 atom stereocenters. The zero-order chi connectivity index (χ0) is 16.1. The lowest BCUT2D eigenvalue weighted by Crippen LogP contribution is -2.55. The van der Waals surface area contributed by atoms with E-state index < -0.39 is 0 Å². The summed E-state index contributed by atoms with van der Waals surface area (Å²) < 4.78 is 0. The van der Waals surface area contributed by atoms with E-state index >= 15 is 0 Å². The van der Waals surface area contributed by atoms with Crippen LogP contribution in [0.3, 0.4) is 0 Å². The fourth-order valence-electron chi connectivity index (χ4n) is 3.28. The van der Waals surface area contributed by atoms with E-state index in [0.717, 1.165) is 18.9 Å². The van der Waals surface area contributed by atoms with Gasteiger partial charge in [0.1, 0.15) is 0 Å². The van der Waals surface area contributed by atoms with Crippen LogP contribution in [0.15, 0.2) is 0 Å². The molecule has 0 aromatic heterocycles. The van der Waals surface area contributed by atoms with E-state index in [0.29, 0.717) is 6.54 Å². The molecular formula is C17H35N3O. The van der Waals surface area contributed by atoms with Gasteiger partial charge in [-0.25, -0.2) is 0 Å². The second-order valence-electron chi connectivity index (χ2n) is 7.71. The summed E-state index contributed by atoms with van der Waals surface area (Å²) in [6, 6.07) is 0. The number of likely N-dealkylation sites (N-methyl/N-ethyl adjacent to an activating group) is 1. The number of amides is 1. The molecule has 2 N–H and O–H groups in total. The quantitative estimate of drug-likeness (QED) is 0.758. The fourth-order valence-corrected chi connectivity index (χ4v) is 3.28. The van der Waals surface area contributed by atoms with E-state index in [2.05, 4.69) is 57.3 Å². The predicted octanol–water partition coefficient (Wildman–Crippen LogP) is 2.39. The summed E-state index contributed by atoms with van der Waals surface area (Å²) in [4.78, 5) is 14.4. The molecule has 1 saturated carbocycles. The Hall–Kier alpha value is -0.610. The third kappa shape index (κ3) is 5.59. The first kappa shape index (κ1) is 18.4. The maximum Gasteiger partial charge on any atom is 0.234 e. The average molecular weight is 297 g/mol. The lowest BCUT2D eigenvalue weighted by atomic mass is 9.75. The lowest BCUT2D eigenvalue weighted by molar-refractivity contribution is -0.122. The van der Waals surface area contributed by atoms with Crippen LogP contribution in [-0.4, -0.2) is 49.1 Å². The normalized spacial score (nSPS) is 26.9. The predicted molar refractivity (Wildman–Crippen MR) is 89.4 cm³/mol. The van der Waals surface area contributed by atoms with Crippen LogP contribution >= 0.6 is 0 Å². The van der Waals surface area contributed by atoms with Crippen molar-refractivity contribution in [2.75, 3.05) is 27.2 Å². The molecule has 0 saturated heterocycles. The molecule has 0 heterocycles.